The Bertz CT molecular complexity index is 402. The van der Waals surface area contributed by atoms with Crippen LogP contribution in [0.5, 0.6) is 0 Å². The normalized spacial score (nSPS) is 21.1. The number of rotatable bonds is 4. The molecule has 1 rings (SSSR count). The summed E-state index contributed by atoms with van der Waals surface area (Å²) in [4.78, 5) is 26.8. The van der Waals surface area contributed by atoms with E-state index in [0.29, 0.717) is 19.4 Å². The van der Waals surface area contributed by atoms with Crippen molar-refractivity contribution in [3.8, 4) is 0 Å². The van der Waals surface area contributed by atoms with Crippen molar-refractivity contribution >= 4 is 11.8 Å². The Hall–Kier alpha value is -1.32. The van der Waals surface area contributed by atoms with Gasteiger partial charge in [0.25, 0.3) is 0 Å². The lowest BCUT2D eigenvalue weighted by atomic mass is 9.82. The highest BCUT2D eigenvalue weighted by Gasteiger charge is 2.52. The minimum atomic E-state index is -0.819. The highest BCUT2D eigenvalue weighted by molar-refractivity contribution is 6.01. The van der Waals surface area contributed by atoms with Gasteiger partial charge in [0.1, 0.15) is 11.1 Å². The van der Waals surface area contributed by atoms with Crippen LogP contribution in [0.1, 0.15) is 54.4 Å². The van der Waals surface area contributed by atoms with E-state index in [9.17, 15) is 9.59 Å². The lowest BCUT2D eigenvalue weighted by molar-refractivity contribution is -0.161. The minimum Gasteiger partial charge on any atom is -0.340 e. The van der Waals surface area contributed by atoms with Crippen molar-refractivity contribution < 1.29 is 9.59 Å². The van der Waals surface area contributed by atoms with E-state index in [0.717, 1.165) is 5.57 Å². The Morgan fingerprint density at radius 1 is 1.21 bits per heavy atom. The summed E-state index contributed by atoms with van der Waals surface area (Å²) in [6.07, 6.45) is 3.27. The molecule has 1 aliphatic heterocycles. The van der Waals surface area contributed by atoms with Crippen LogP contribution in [-0.2, 0) is 9.59 Å². The molecular formula is C15H26N2O2. The molecule has 1 fully saturated rings. The van der Waals surface area contributed by atoms with Crippen LogP contribution in [0.15, 0.2) is 11.6 Å². The monoisotopic (exact) mass is 266 g/mol. The first-order valence-electron chi connectivity index (χ1n) is 6.99. The summed E-state index contributed by atoms with van der Waals surface area (Å²) in [5.41, 5.74) is -0.378. The van der Waals surface area contributed by atoms with E-state index >= 15 is 0 Å². The molecule has 2 amide bonds. The Morgan fingerprint density at radius 2 is 1.74 bits per heavy atom. The van der Waals surface area contributed by atoms with Crippen molar-refractivity contribution in [3.63, 3.8) is 0 Å². The van der Waals surface area contributed by atoms with Crippen molar-refractivity contribution in [1.82, 2.24) is 10.2 Å². The average Bonchev–Trinajstić information content (AvgIpc) is 2.31. The second kappa shape index (κ2) is 5.35. The average molecular weight is 266 g/mol. The van der Waals surface area contributed by atoms with Crippen molar-refractivity contribution in [2.45, 2.75) is 65.5 Å². The fourth-order valence-electron chi connectivity index (χ4n) is 2.59. The number of allylic oxidation sites excluding steroid dienone is 1. The van der Waals surface area contributed by atoms with Gasteiger partial charge in [-0.25, -0.2) is 0 Å². The third kappa shape index (κ3) is 2.67. The number of hydrogen-bond acceptors (Lipinski definition) is 2. The predicted molar refractivity (Wildman–Crippen MR) is 76.7 cm³/mol. The lowest BCUT2D eigenvalue weighted by Gasteiger charge is -2.50. The van der Waals surface area contributed by atoms with E-state index in [1.807, 2.05) is 33.8 Å². The van der Waals surface area contributed by atoms with Crippen molar-refractivity contribution in [2.24, 2.45) is 0 Å². The van der Waals surface area contributed by atoms with Gasteiger partial charge >= 0.3 is 0 Å². The molecule has 108 valence electrons. The zero-order valence-corrected chi connectivity index (χ0v) is 13.0. The van der Waals surface area contributed by atoms with Crippen molar-refractivity contribution in [2.75, 3.05) is 6.54 Å². The second-order valence-corrected chi connectivity index (χ2v) is 6.02. The molecule has 1 N–H and O–H groups in total. The molecule has 4 nitrogen and oxygen atoms in total. The molecule has 0 saturated carbocycles. The SMILES string of the molecule is CCC1(CC)C(=O)NC(C)(C)C(=O)N1CC=C(C)C. The first kappa shape index (κ1) is 15.7. The van der Waals surface area contributed by atoms with Gasteiger partial charge in [0.2, 0.25) is 11.8 Å². The first-order valence-corrected chi connectivity index (χ1v) is 6.99. The summed E-state index contributed by atoms with van der Waals surface area (Å²) in [5, 5.41) is 2.86. The van der Waals surface area contributed by atoms with Gasteiger partial charge in [0.05, 0.1) is 0 Å². The van der Waals surface area contributed by atoms with Gasteiger partial charge in [-0.15, -0.1) is 0 Å². The Kier molecular flexibility index (Phi) is 4.43. The molecule has 0 aromatic heterocycles. The zero-order chi connectivity index (χ0) is 14.8. The molecular weight excluding hydrogens is 240 g/mol. The second-order valence-electron chi connectivity index (χ2n) is 6.02. The van der Waals surface area contributed by atoms with Crippen molar-refractivity contribution in [3.05, 3.63) is 11.6 Å². The summed E-state index contributed by atoms with van der Waals surface area (Å²) in [6.45, 7) is 11.9. The Balaban J connectivity index is 3.23. The molecule has 1 aliphatic rings. The van der Waals surface area contributed by atoms with Crippen LogP contribution < -0.4 is 5.32 Å². The van der Waals surface area contributed by atoms with Crippen LogP contribution in [0.3, 0.4) is 0 Å². The Morgan fingerprint density at radius 3 is 2.16 bits per heavy atom. The smallest absolute Gasteiger partial charge is 0.248 e. The molecule has 0 aliphatic carbocycles. The van der Waals surface area contributed by atoms with Gasteiger partial charge in [0.15, 0.2) is 0 Å². The van der Waals surface area contributed by atoms with Crippen molar-refractivity contribution in [1.29, 1.82) is 0 Å². The number of hydrogen-bond donors (Lipinski definition) is 1. The summed E-state index contributed by atoms with van der Waals surface area (Å²) in [6, 6.07) is 0. The van der Waals surface area contributed by atoms with Crippen LogP contribution in [0.2, 0.25) is 0 Å². The first-order chi connectivity index (χ1) is 8.71. The van der Waals surface area contributed by atoms with Gasteiger partial charge in [-0.1, -0.05) is 25.5 Å². The number of carbonyl (C=O) groups is 2. The number of carbonyl (C=O) groups excluding carboxylic acids is 2. The standard InChI is InChI=1S/C15H26N2O2/c1-7-15(8-2)12(18)16-14(5,6)13(19)17(15)10-9-11(3)4/h9H,7-8,10H2,1-6H3,(H,16,18). The maximum Gasteiger partial charge on any atom is 0.248 e. The van der Waals surface area contributed by atoms with E-state index < -0.39 is 11.1 Å². The molecule has 19 heavy (non-hydrogen) atoms. The predicted octanol–water partition coefficient (Wildman–Crippen LogP) is 2.25. The van der Waals surface area contributed by atoms with Gasteiger partial charge in [-0.3, -0.25) is 9.59 Å². The van der Waals surface area contributed by atoms with Crippen LogP contribution in [0.25, 0.3) is 0 Å². The number of nitrogens with one attached hydrogen (secondary N) is 1. The van der Waals surface area contributed by atoms with E-state index in [-0.39, 0.29) is 11.8 Å². The molecule has 0 aromatic rings. The van der Waals surface area contributed by atoms with Gasteiger partial charge in [-0.2, -0.15) is 0 Å². The lowest BCUT2D eigenvalue weighted by Crippen LogP contribution is -2.73. The van der Waals surface area contributed by atoms with E-state index in [2.05, 4.69) is 5.32 Å². The molecule has 0 atom stereocenters. The third-order valence-electron chi connectivity index (χ3n) is 4.00. The molecule has 0 radical (unpaired) electrons. The van der Waals surface area contributed by atoms with Gasteiger partial charge < -0.3 is 10.2 Å². The molecule has 1 heterocycles. The van der Waals surface area contributed by atoms with E-state index in [1.165, 1.54) is 0 Å². The van der Waals surface area contributed by atoms with Crippen LogP contribution in [-0.4, -0.2) is 34.3 Å². The zero-order valence-electron chi connectivity index (χ0n) is 13.0. The summed E-state index contributed by atoms with van der Waals surface area (Å²) < 4.78 is 0. The molecule has 1 saturated heterocycles. The molecule has 0 spiro atoms. The summed E-state index contributed by atoms with van der Waals surface area (Å²) >= 11 is 0. The Labute approximate surface area is 116 Å². The van der Waals surface area contributed by atoms with Gasteiger partial charge in [0, 0.05) is 6.54 Å². The fourth-order valence-corrected chi connectivity index (χ4v) is 2.59. The maximum absolute atomic E-state index is 12.6. The van der Waals surface area contributed by atoms with E-state index in [1.54, 1.807) is 18.7 Å². The molecule has 0 aromatic carbocycles. The number of nitrogens with zero attached hydrogens (tertiary/aromatic N) is 1. The maximum atomic E-state index is 12.6. The highest BCUT2D eigenvalue weighted by atomic mass is 16.2. The molecule has 0 unspecified atom stereocenters. The highest BCUT2D eigenvalue weighted by Crippen LogP contribution is 2.31. The fraction of sp³-hybridized carbons (Fsp3) is 0.733. The van der Waals surface area contributed by atoms with Crippen LogP contribution in [0.4, 0.5) is 0 Å². The largest absolute Gasteiger partial charge is 0.340 e. The summed E-state index contributed by atoms with van der Waals surface area (Å²) in [5.74, 6) is -0.0439. The van der Waals surface area contributed by atoms with Gasteiger partial charge in [-0.05, 0) is 40.5 Å². The topological polar surface area (TPSA) is 49.4 Å². The number of piperazine rings is 1. The van der Waals surface area contributed by atoms with E-state index in [4.69, 9.17) is 0 Å². The third-order valence-corrected chi connectivity index (χ3v) is 4.00. The minimum absolute atomic E-state index is 0.00620. The molecule has 0 bridgehead atoms. The quantitative estimate of drug-likeness (QED) is 0.793. The number of amides is 2. The van der Waals surface area contributed by atoms with Crippen LogP contribution >= 0.6 is 0 Å². The van der Waals surface area contributed by atoms with Crippen LogP contribution in [0, 0.1) is 0 Å². The summed E-state index contributed by atoms with van der Waals surface area (Å²) in [7, 11) is 0. The molecule has 4 heteroatoms.